The van der Waals surface area contributed by atoms with Gasteiger partial charge in [-0.15, -0.1) is 0 Å². The molecular weight excluding hydrogens is 459 g/mol. The van der Waals surface area contributed by atoms with E-state index in [1.165, 1.54) is 6.20 Å². The minimum absolute atomic E-state index is 0.0212. The second-order valence-electron chi connectivity index (χ2n) is 9.20. The SMILES string of the molecule is O=C(c1cn(CC2CC(O)C2)c2cc(-c3cn[nH]c3F)ncc12)C1COc2ccc(Cl)cc2C1. The van der Waals surface area contributed by atoms with Crippen molar-refractivity contribution in [3.05, 3.63) is 65.0 Å². The van der Waals surface area contributed by atoms with Gasteiger partial charge in [-0.2, -0.15) is 9.49 Å². The maximum Gasteiger partial charge on any atom is 0.218 e. The second-order valence-corrected chi connectivity index (χ2v) is 9.64. The van der Waals surface area contributed by atoms with E-state index < -0.39 is 5.95 Å². The van der Waals surface area contributed by atoms with Gasteiger partial charge in [-0.05, 0) is 55.0 Å². The van der Waals surface area contributed by atoms with Crippen LogP contribution in [-0.2, 0) is 13.0 Å². The van der Waals surface area contributed by atoms with Crippen molar-refractivity contribution in [2.45, 2.75) is 31.9 Å². The summed E-state index contributed by atoms with van der Waals surface area (Å²) in [7, 11) is 0. The molecule has 0 amide bonds. The molecule has 1 aromatic carbocycles. The topological polar surface area (TPSA) is 93.0 Å². The molecule has 4 aromatic rings. The Labute approximate surface area is 199 Å². The van der Waals surface area contributed by atoms with Crippen molar-refractivity contribution in [1.82, 2.24) is 19.7 Å². The normalized spacial score (nSPS) is 21.7. The summed E-state index contributed by atoms with van der Waals surface area (Å²) in [6.07, 6.45) is 6.62. The van der Waals surface area contributed by atoms with Crippen LogP contribution in [0.3, 0.4) is 0 Å². The number of aliphatic hydroxyl groups excluding tert-OH is 1. The van der Waals surface area contributed by atoms with Gasteiger partial charge in [0.25, 0.3) is 0 Å². The lowest BCUT2D eigenvalue weighted by Crippen LogP contribution is -2.31. The number of pyridine rings is 1. The van der Waals surface area contributed by atoms with E-state index in [4.69, 9.17) is 16.3 Å². The monoisotopic (exact) mass is 480 g/mol. The average molecular weight is 481 g/mol. The lowest BCUT2D eigenvalue weighted by Gasteiger charge is -2.31. The highest BCUT2D eigenvalue weighted by Crippen LogP contribution is 2.35. The van der Waals surface area contributed by atoms with Crippen LogP contribution in [-0.4, -0.2) is 43.3 Å². The quantitative estimate of drug-likeness (QED) is 0.412. The number of carbonyl (C=O) groups is 1. The van der Waals surface area contributed by atoms with Gasteiger partial charge in [-0.3, -0.25) is 14.9 Å². The molecule has 4 heterocycles. The Morgan fingerprint density at radius 2 is 2.15 bits per heavy atom. The van der Waals surface area contributed by atoms with Crippen LogP contribution >= 0.6 is 11.6 Å². The smallest absolute Gasteiger partial charge is 0.218 e. The van der Waals surface area contributed by atoms with Crippen molar-refractivity contribution in [1.29, 1.82) is 0 Å². The molecule has 0 saturated heterocycles. The third-order valence-corrected chi connectivity index (χ3v) is 7.10. The Kier molecular flexibility index (Phi) is 5.15. The Balaban J connectivity index is 1.38. The van der Waals surface area contributed by atoms with Crippen molar-refractivity contribution < 1.29 is 19.0 Å². The van der Waals surface area contributed by atoms with Crippen LogP contribution in [0.15, 0.2) is 42.9 Å². The number of ketones is 1. The van der Waals surface area contributed by atoms with E-state index in [9.17, 15) is 14.3 Å². The molecule has 1 atom stereocenters. The summed E-state index contributed by atoms with van der Waals surface area (Å²) < 4.78 is 22.0. The molecule has 1 aliphatic carbocycles. The number of Topliss-reactive ketones (excluding diaryl/α,β-unsaturated/α-hetero) is 1. The Morgan fingerprint density at radius 1 is 1.29 bits per heavy atom. The zero-order chi connectivity index (χ0) is 23.4. The molecule has 34 heavy (non-hydrogen) atoms. The van der Waals surface area contributed by atoms with Crippen LogP contribution in [0.1, 0.15) is 28.8 Å². The van der Waals surface area contributed by atoms with E-state index in [1.807, 2.05) is 22.9 Å². The third kappa shape index (κ3) is 3.67. The standard InChI is InChI=1S/C25H22ClFN4O3/c26-16-1-2-23-14(6-16)5-15(12-34-23)24(33)20-11-31(10-13-3-17(32)4-13)22-7-21(28-8-18(20)22)19-9-29-30-25(19)27/h1-2,6-9,11,13,15,17,32H,3-5,10,12H2,(H,29,30). The fourth-order valence-electron chi connectivity index (χ4n) is 5.01. The summed E-state index contributed by atoms with van der Waals surface area (Å²) in [5, 5.41) is 17.1. The maximum absolute atomic E-state index is 14.1. The van der Waals surface area contributed by atoms with Crippen LogP contribution in [0.5, 0.6) is 5.75 Å². The number of hydrogen-bond acceptors (Lipinski definition) is 5. The highest BCUT2D eigenvalue weighted by atomic mass is 35.5. The predicted molar refractivity (Wildman–Crippen MR) is 124 cm³/mol. The molecule has 1 fully saturated rings. The van der Waals surface area contributed by atoms with E-state index in [-0.39, 0.29) is 23.4 Å². The molecule has 7 nitrogen and oxygen atoms in total. The van der Waals surface area contributed by atoms with Gasteiger partial charge < -0.3 is 14.4 Å². The number of halogens is 2. The number of aliphatic hydroxyl groups is 1. The number of nitrogens with one attached hydrogen (secondary N) is 1. The summed E-state index contributed by atoms with van der Waals surface area (Å²) in [4.78, 5) is 18.1. The van der Waals surface area contributed by atoms with Gasteiger partial charge in [0.1, 0.15) is 5.75 Å². The molecule has 3 aromatic heterocycles. The van der Waals surface area contributed by atoms with Gasteiger partial charge in [-0.1, -0.05) is 11.6 Å². The number of carbonyl (C=O) groups excluding carboxylic acids is 1. The molecule has 1 unspecified atom stereocenters. The van der Waals surface area contributed by atoms with Crippen molar-refractivity contribution in [2.24, 2.45) is 11.8 Å². The molecular formula is C25H22ClFN4O3. The zero-order valence-electron chi connectivity index (χ0n) is 18.2. The molecule has 2 N–H and O–H groups in total. The number of nitrogens with zero attached hydrogens (tertiary/aromatic N) is 3. The van der Waals surface area contributed by atoms with Crippen molar-refractivity contribution in [2.75, 3.05) is 6.61 Å². The average Bonchev–Trinajstić information content (AvgIpc) is 3.40. The predicted octanol–water partition coefficient (Wildman–Crippen LogP) is 4.42. The van der Waals surface area contributed by atoms with E-state index in [0.717, 1.165) is 35.1 Å². The number of aromatic amines is 1. The van der Waals surface area contributed by atoms with Gasteiger partial charge >= 0.3 is 0 Å². The second kappa shape index (κ2) is 8.21. The van der Waals surface area contributed by atoms with E-state index in [0.29, 0.717) is 41.8 Å². The minimum Gasteiger partial charge on any atom is -0.493 e. The Hall–Kier alpha value is -3.23. The van der Waals surface area contributed by atoms with Gasteiger partial charge in [-0.25, -0.2) is 0 Å². The van der Waals surface area contributed by atoms with Crippen LogP contribution < -0.4 is 4.74 Å². The molecule has 174 valence electrons. The van der Waals surface area contributed by atoms with Crippen LogP contribution in [0.2, 0.25) is 5.02 Å². The number of H-pyrrole nitrogens is 1. The van der Waals surface area contributed by atoms with E-state index >= 15 is 0 Å². The van der Waals surface area contributed by atoms with Crippen LogP contribution in [0.4, 0.5) is 4.39 Å². The first-order chi connectivity index (χ1) is 16.5. The molecule has 0 bridgehead atoms. The van der Waals surface area contributed by atoms with Crippen molar-refractivity contribution in [3.63, 3.8) is 0 Å². The number of rotatable bonds is 5. The van der Waals surface area contributed by atoms with Crippen LogP contribution in [0, 0.1) is 17.8 Å². The highest BCUT2D eigenvalue weighted by molar-refractivity contribution is 6.30. The van der Waals surface area contributed by atoms with E-state index in [1.54, 1.807) is 18.3 Å². The fourth-order valence-corrected chi connectivity index (χ4v) is 5.20. The molecule has 2 aliphatic rings. The first-order valence-corrected chi connectivity index (χ1v) is 11.7. The number of fused-ring (bicyclic) bond motifs is 2. The minimum atomic E-state index is -0.556. The number of benzene rings is 1. The number of hydrogen-bond donors (Lipinski definition) is 2. The van der Waals surface area contributed by atoms with Gasteiger partial charge in [0.2, 0.25) is 5.95 Å². The summed E-state index contributed by atoms with van der Waals surface area (Å²) in [5.74, 6) is 0.157. The number of ether oxygens (including phenoxy) is 1. The Morgan fingerprint density at radius 3 is 2.91 bits per heavy atom. The van der Waals surface area contributed by atoms with Crippen molar-refractivity contribution in [3.8, 4) is 17.0 Å². The summed E-state index contributed by atoms with van der Waals surface area (Å²) in [6, 6.07) is 7.24. The van der Waals surface area contributed by atoms with Gasteiger partial charge in [0, 0.05) is 34.9 Å². The molecule has 0 spiro atoms. The first-order valence-electron chi connectivity index (χ1n) is 11.3. The third-order valence-electron chi connectivity index (χ3n) is 6.87. The largest absolute Gasteiger partial charge is 0.493 e. The van der Waals surface area contributed by atoms with Gasteiger partial charge in [0.15, 0.2) is 5.78 Å². The number of aromatic nitrogens is 4. The maximum atomic E-state index is 14.1. The van der Waals surface area contributed by atoms with Gasteiger partial charge in [0.05, 0.1) is 41.6 Å². The lowest BCUT2D eigenvalue weighted by molar-refractivity contribution is 0.0357. The first kappa shape index (κ1) is 21.3. The van der Waals surface area contributed by atoms with E-state index in [2.05, 4.69) is 15.2 Å². The molecule has 1 aliphatic heterocycles. The summed E-state index contributed by atoms with van der Waals surface area (Å²) in [6.45, 7) is 0.957. The zero-order valence-corrected chi connectivity index (χ0v) is 18.9. The molecule has 9 heteroatoms. The van der Waals surface area contributed by atoms with Crippen LogP contribution in [0.25, 0.3) is 22.2 Å². The summed E-state index contributed by atoms with van der Waals surface area (Å²) >= 11 is 6.15. The van der Waals surface area contributed by atoms with Crippen molar-refractivity contribution >= 4 is 28.3 Å². The highest BCUT2D eigenvalue weighted by Gasteiger charge is 2.31. The Bertz CT molecular complexity index is 1410. The molecule has 0 radical (unpaired) electrons. The molecule has 6 rings (SSSR count). The summed E-state index contributed by atoms with van der Waals surface area (Å²) in [5.41, 5.74) is 3.00. The lowest BCUT2D eigenvalue weighted by atomic mass is 9.82. The fraction of sp³-hybridized carbons (Fsp3) is 0.320. The molecule has 1 saturated carbocycles.